The molecule has 0 spiro atoms. The molecule has 0 atom stereocenters. The fourth-order valence-electron chi connectivity index (χ4n) is 3.37. The molecule has 4 nitrogen and oxygen atoms in total. The molecule has 0 aromatic heterocycles. The van der Waals surface area contributed by atoms with E-state index in [4.69, 9.17) is 14.2 Å². The van der Waals surface area contributed by atoms with Crippen molar-refractivity contribution in [2.24, 2.45) is 0 Å². The molecule has 33 heavy (non-hydrogen) atoms. The van der Waals surface area contributed by atoms with Crippen LogP contribution in [0.25, 0.3) is 0 Å². The third kappa shape index (κ3) is 7.22. The van der Waals surface area contributed by atoms with Gasteiger partial charge in [-0.3, -0.25) is 0 Å². The fourth-order valence-corrected chi connectivity index (χ4v) is 4.08. The first kappa shape index (κ1) is 24.6. The Labute approximate surface area is 198 Å². The Hall–Kier alpha value is -3.05. The lowest BCUT2D eigenvalue weighted by molar-refractivity contribution is 0.0519. The van der Waals surface area contributed by atoms with Crippen LogP contribution in [-0.2, 0) is 18.0 Å². The van der Waals surface area contributed by atoms with E-state index in [1.807, 2.05) is 80.6 Å². The van der Waals surface area contributed by atoms with Gasteiger partial charge in [0.25, 0.3) is 0 Å². The zero-order chi connectivity index (χ0) is 23.8. The van der Waals surface area contributed by atoms with E-state index in [9.17, 15) is 4.79 Å². The van der Waals surface area contributed by atoms with Gasteiger partial charge in [0, 0.05) is 14.1 Å². The van der Waals surface area contributed by atoms with Gasteiger partial charge in [0.2, 0.25) is 0 Å². The maximum Gasteiger partial charge on any atom is 0.342 e. The molecule has 0 unspecified atom stereocenters. The molecule has 3 aromatic carbocycles. The van der Waals surface area contributed by atoms with E-state index in [2.05, 4.69) is 19.6 Å². The molecule has 0 amide bonds. The summed E-state index contributed by atoms with van der Waals surface area (Å²) in [5.41, 5.74) is 4.32. The highest BCUT2D eigenvalue weighted by atomic mass is 28.3. The van der Waals surface area contributed by atoms with Gasteiger partial charge >= 0.3 is 5.97 Å². The summed E-state index contributed by atoms with van der Waals surface area (Å²) in [4.78, 5) is 13.1. The van der Waals surface area contributed by atoms with Gasteiger partial charge in [-0.15, -0.1) is 0 Å². The van der Waals surface area contributed by atoms with Gasteiger partial charge in [-0.2, -0.15) is 0 Å². The molecule has 0 radical (unpaired) electrons. The first-order valence-electron chi connectivity index (χ1n) is 11.4. The predicted molar refractivity (Wildman–Crippen MR) is 136 cm³/mol. The van der Waals surface area contributed by atoms with Crippen molar-refractivity contribution >= 4 is 14.0 Å². The molecule has 0 N–H and O–H groups in total. The molecule has 0 aliphatic rings. The van der Waals surface area contributed by atoms with Crippen molar-refractivity contribution in [2.75, 3.05) is 6.61 Å². The Morgan fingerprint density at radius 3 is 1.79 bits per heavy atom. The van der Waals surface area contributed by atoms with Crippen molar-refractivity contribution in [3.05, 3.63) is 94.5 Å². The van der Waals surface area contributed by atoms with Crippen LogP contribution in [0.15, 0.2) is 66.7 Å². The largest absolute Gasteiger partial charge is 0.488 e. The second-order valence-electron chi connectivity index (χ2n) is 9.49. The van der Waals surface area contributed by atoms with E-state index < -0.39 is 8.07 Å². The minimum Gasteiger partial charge on any atom is -0.488 e. The molecule has 0 aliphatic heterocycles. The second kappa shape index (κ2) is 11.2. The summed E-state index contributed by atoms with van der Waals surface area (Å²) >= 11 is 0. The molecule has 0 bridgehead atoms. The first-order chi connectivity index (χ1) is 15.7. The van der Waals surface area contributed by atoms with Crippen molar-refractivity contribution in [1.29, 1.82) is 0 Å². The van der Waals surface area contributed by atoms with Gasteiger partial charge in [0.15, 0.2) is 0 Å². The minimum atomic E-state index is -1.30. The lowest BCUT2D eigenvalue weighted by atomic mass is 10.0. The number of rotatable bonds is 10. The highest BCUT2D eigenvalue weighted by molar-refractivity contribution is 6.76. The average Bonchev–Trinajstić information content (AvgIpc) is 2.79. The van der Waals surface area contributed by atoms with E-state index in [-0.39, 0.29) is 5.97 Å². The van der Waals surface area contributed by atoms with Crippen LogP contribution in [0.4, 0.5) is 0 Å². The third-order valence-corrected chi connectivity index (χ3v) is 7.28. The molecule has 0 saturated carbocycles. The Bertz CT molecular complexity index is 1060. The van der Waals surface area contributed by atoms with Crippen molar-refractivity contribution in [3.63, 3.8) is 0 Å². The van der Waals surface area contributed by atoms with Crippen LogP contribution in [0.2, 0.25) is 25.7 Å². The molecule has 5 heteroatoms. The van der Waals surface area contributed by atoms with Crippen molar-refractivity contribution in [3.8, 4) is 11.5 Å². The summed E-state index contributed by atoms with van der Waals surface area (Å²) in [6.07, 6.45) is 0. The van der Waals surface area contributed by atoms with Gasteiger partial charge in [-0.1, -0.05) is 80.3 Å². The average molecular weight is 463 g/mol. The topological polar surface area (TPSA) is 44.8 Å². The minimum absolute atomic E-state index is 0.341. The second-order valence-corrected chi connectivity index (χ2v) is 15.1. The standard InChI is InChI=1S/C28H34O4Si/c1-21-22(2)27(28(29)30-16-17-33(3,4)5)26(32-20-24-14-10-7-11-15-24)18-25(21)31-19-23-12-8-6-9-13-23/h6-15,18H,16-17,19-20H2,1-5H3. The van der Waals surface area contributed by atoms with E-state index >= 15 is 0 Å². The number of hydrogen-bond acceptors (Lipinski definition) is 4. The molecular formula is C28H34O4Si. The maximum absolute atomic E-state index is 13.1. The van der Waals surface area contributed by atoms with Gasteiger partial charge < -0.3 is 14.2 Å². The number of hydrogen-bond donors (Lipinski definition) is 0. The van der Waals surface area contributed by atoms with E-state index in [0.29, 0.717) is 36.9 Å². The fraction of sp³-hybridized carbons (Fsp3) is 0.321. The van der Waals surface area contributed by atoms with Crippen LogP contribution < -0.4 is 9.47 Å². The molecule has 3 aromatic rings. The number of benzene rings is 3. The maximum atomic E-state index is 13.1. The number of ether oxygens (including phenoxy) is 3. The molecule has 0 aliphatic carbocycles. The van der Waals surface area contributed by atoms with Gasteiger partial charge in [-0.25, -0.2) is 4.79 Å². The van der Waals surface area contributed by atoms with Crippen LogP contribution in [0, 0.1) is 13.8 Å². The van der Waals surface area contributed by atoms with E-state index in [1.165, 1.54) is 0 Å². The molecule has 0 fully saturated rings. The van der Waals surface area contributed by atoms with Crippen molar-refractivity contribution in [1.82, 2.24) is 0 Å². The first-order valence-corrected chi connectivity index (χ1v) is 15.1. The summed E-state index contributed by atoms with van der Waals surface area (Å²) in [6, 6.07) is 22.7. The van der Waals surface area contributed by atoms with Crippen LogP contribution in [0.1, 0.15) is 32.6 Å². The Morgan fingerprint density at radius 1 is 0.758 bits per heavy atom. The van der Waals surface area contributed by atoms with E-state index in [1.54, 1.807) is 0 Å². The summed E-state index contributed by atoms with van der Waals surface area (Å²) < 4.78 is 18.0. The zero-order valence-electron chi connectivity index (χ0n) is 20.3. The highest BCUT2D eigenvalue weighted by Crippen LogP contribution is 2.34. The predicted octanol–water partition coefficient (Wildman–Crippen LogP) is 6.96. The number of esters is 1. The van der Waals surface area contributed by atoms with Gasteiger partial charge in [0.05, 0.1) is 6.61 Å². The number of carbonyl (C=O) groups is 1. The quantitative estimate of drug-likeness (QED) is 0.241. The Balaban J connectivity index is 1.86. The lowest BCUT2D eigenvalue weighted by Gasteiger charge is -2.20. The summed E-state index contributed by atoms with van der Waals surface area (Å²) in [5, 5.41) is 0. The van der Waals surface area contributed by atoms with Crippen LogP contribution in [0.5, 0.6) is 11.5 Å². The Kier molecular flexibility index (Phi) is 8.34. The molecule has 3 rings (SSSR count). The van der Waals surface area contributed by atoms with Gasteiger partial charge in [0.1, 0.15) is 30.3 Å². The SMILES string of the molecule is Cc1c(OCc2ccccc2)cc(OCc2ccccc2)c(C(=O)OCC[Si](C)(C)C)c1C. The van der Waals surface area contributed by atoms with Crippen LogP contribution in [-0.4, -0.2) is 20.7 Å². The summed E-state index contributed by atoms with van der Waals surface area (Å²) in [6.45, 7) is 11.9. The monoisotopic (exact) mass is 462 g/mol. The van der Waals surface area contributed by atoms with E-state index in [0.717, 1.165) is 28.3 Å². The molecular weight excluding hydrogens is 428 g/mol. The summed E-state index contributed by atoms with van der Waals surface area (Å²) in [7, 11) is -1.30. The molecule has 0 heterocycles. The summed E-state index contributed by atoms with van der Waals surface area (Å²) in [5.74, 6) is 0.854. The smallest absolute Gasteiger partial charge is 0.342 e. The zero-order valence-corrected chi connectivity index (χ0v) is 21.3. The number of carbonyl (C=O) groups excluding carboxylic acids is 1. The third-order valence-electron chi connectivity index (χ3n) is 5.58. The highest BCUT2D eigenvalue weighted by Gasteiger charge is 2.23. The van der Waals surface area contributed by atoms with Crippen LogP contribution in [0.3, 0.4) is 0 Å². The van der Waals surface area contributed by atoms with Crippen molar-refractivity contribution < 1.29 is 19.0 Å². The van der Waals surface area contributed by atoms with Gasteiger partial charge in [-0.05, 0) is 42.1 Å². The molecule has 174 valence electrons. The lowest BCUT2D eigenvalue weighted by Crippen LogP contribution is -2.23. The Morgan fingerprint density at radius 2 is 1.27 bits per heavy atom. The normalized spacial score (nSPS) is 11.2. The molecule has 0 saturated heterocycles. The van der Waals surface area contributed by atoms with Crippen molar-refractivity contribution in [2.45, 2.75) is 52.7 Å². The van der Waals surface area contributed by atoms with Crippen LogP contribution >= 0.6 is 0 Å².